The van der Waals surface area contributed by atoms with Gasteiger partial charge in [0.25, 0.3) is 0 Å². The fraction of sp³-hybridized carbons (Fsp3) is 0.952. The summed E-state index contributed by atoms with van der Waals surface area (Å²) in [6, 6.07) is 0. The third kappa shape index (κ3) is 5.06. The van der Waals surface area contributed by atoms with Gasteiger partial charge in [-0.05, 0) is 0 Å². The molecule has 1 aliphatic rings. The SMILES string of the molecule is CCC[CH2][Sn]([CH2]CCC)([CH2]CCC)[C@H]1[C@@H]([Si](C)(C)C)[C@]1(C)C(=O)OC. The van der Waals surface area contributed by atoms with Crippen LogP contribution in [-0.2, 0) is 9.53 Å². The van der Waals surface area contributed by atoms with Gasteiger partial charge in [0, 0.05) is 0 Å². The quantitative estimate of drug-likeness (QED) is 0.222. The van der Waals surface area contributed by atoms with Crippen molar-refractivity contribution in [2.75, 3.05) is 7.11 Å². The minimum absolute atomic E-state index is 0.107. The average molecular weight is 475 g/mol. The van der Waals surface area contributed by atoms with Crippen molar-refractivity contribution in [2.45, 2.75) is 109 Å². The van der Waals surface area contributed by atoms with Gasteiger partial charge in [0.15, 0.2) is 0 Å². The molecule has 0 aromatic carbocycles. The summed E-state index contributed by atoms with van der Waals surface area (Å²) < 4.78 is 10.6. The number of hydrogen-bond acceptors (Lipinski definition) is 2. The molecule has 0 spiro atoms. The predicted molar refractivity (Wildman–Crippen MR) is 116 cm³/mol. The first-order valence-electron chi connectivity index (χ1n) is 10.7. The van der Waals surface area contributed by atoms with Crippen molar-refractivity contribution in [1.82, 2.24) is 0 Å². The van der Waals surface area contributed by atoms with Crippen LogP contribution >= 0.6 is 0 Å². The van der Waals surface area contributed by atoms with E-state index in [0.717, 1.165) is 3.93 Å². The molecule has 25 heavy (non-hydrogen) atoms. The number of ether oxygens (including phenoxy) is 1. The van der Waals surface area contributed by atoms with Gasteiger partial charge in [0.05, 0.1) is 0 Å². The zero-order valence-corrected chi connectivity index (χ0v) is 22.2. The first-order chi connectivity index (χ1) is 11.7. The van der Waals surface area contributed by atoms with Crippen molar-refractivity contribution in [2.24, 2.45) is 5.41 Å². The van der Waals surface area contributed by atoms with E-state index >= 15 is 0 Å². The van der Waals surface area contributed by atoms with Crippen molar-refractivity contribution < 1.29 is 9.53 Å². The van der Waals surface area contributed by atoms with Crippen LogP contribution in [0.3, 0.4) is 0 Å². The van der Waals surface area contributed by atoms with Crippen LogP contribution in [0.15, 0.2) is 0 Å². The van der Waals surface area contributed by atoms with Crippen molar-refractivity contribution in [3.8, 4) is 0 Å². The normalized spacial score (nSPS) is 26.6. The molecule has 0 aromatic rings. The van der Waals surface area contributed by atoms with Crippen LogP contribution < -0.4 is 0 Å². The Bertz CT molecular complexity index is 410. The van der Waals surface area contributed by atoms with E-state index < -0.39 is 26.5 Å². The first-order valence-corrected chi connectivity index (χ1v) is 22.0. The van der Waals surface area contributed by atoms with Gasteiger partial charge in [-0.25, -0.2) is 0 Å². The molecular weight excluding hydrogens is 431 g/mol. The van der Waals surface area contributed by atoms with Crippen molar-refractivity contribution in [3.63, 3.8) is 0 Å². The Labute approximate surface area is 162 Å². The molecule has 0 aliphatic heterocycles. The van der Waals surface area contributed by atoms with Crippen LogP contribution in [0, 0.1) is 5.41 Å². The standard InChI is InChI=1S/C9H17O2Si.3C4H9.Sn/c1-9(8(10)11-2)6-7(9)12(3,4)5;3*1-3-4-2;/h6-7H,1-5H3;3*1,3-4H2,2H3;/t7-,9-;;;;/m1..../s1. The molecule has 0 heterocycles. The van der Waals surface area contributed by atoms with Gasteiger partial charge in [-0.2, -0.15) is 0 Å². The Kier molecular flexibility index (Phi) is 9.04. The molecule has 3 atom stereocenters. The predicted octanol–water partition coefficient (Wildman–Crippen LogP) is 7.11. The molecule has 0 saturated heterocycles. The van der Waals surface area contributed by atoms with Crippen LogP contribution in [0.25, 0.3) is 0 Å². The molecule has 1 fully saturated rings. The topological polar surface area (TPSA) is 26.3 Å². The van der Waals surface area contributed by atoms with Crippen LogP contribution in [-0.4, -0.2) is 39.5 Å². The summed E-state index contributed by atoms with van der Waals surface area (Å²) in [5.41, 5.74) is 0.513. The van der Waals surface area contributed by atoms with Crippen LogP contribution in [0.4, 0.5) is 0 Å². The summed E-state index contributed by atoms with van der Waals surface area (Å²) >= 11 is -2.41. The van der Waals surface area contributed by atoms with Gasteiger partial charge in [0.1, 0.15) is 0 Å². The number of unbranched alkanes of at least 4 members (excludes halogenated alkanes) is 3. The maximum atomic E-state index is 12.9. The molecule has 0 N–H and O–H groups in total. The van der Waals surface area contributed by atoms with E-state index in [9.17, 15) is 4.79 Å². The van der Waals surface area contributed by atoms with Crippen LogP contribution in [0.2, 0.25) is 42.4 Å². The molecular formula is C21H44O2SiSn. The molecule has 148 valence electrons. The van der Waals surface area contributed by atoms with E-state index in [0.29, 0.717) is 5.54 Å². The summed E-state index contributed by atoms with van der Waals surface area (Å²) in [5.74, 6) is 0.107. The van der Waals surface area contributed by atoms with Gasteiger partial charge >= 0.3 is 163 Å². The number of carbonyl (C=O) groups is 1. The number of esters is 1. The Morgan fingerprint density at radius 3 is 1.64 bits per heavy atom. The Balaban J connectivity index is 3.30. The third-order valence-electron chi connectivity index (χ3n) is 6.82. The Morgan fingerprint density at radius 1 is 0.960 bits per heavy atom. The Hall–Kier alpha value is 0.486. The minimum atomic E-state index is -2.41. The second-order valence-electron chi connectivity index (χ2n) is 9.77. The second-order valence-corrected chi connectivity index (χ2v) is 29.0. The van der Waals surface area contributed by atoms with Gasteiger partial charge in [-0.1, -0.05) is 0 Å². The van der Waals surface area contributed by atoms with Gasteiger partial charge in [-0.15, -0.1) is 0 Å². The summed E-state index contributed by atoms with van der Waals surface area (Å²) in [7, 11) is 0.226. The fourth-order valence-corrected chi connectivity index (χ4v) is 37.3. The molecule has 0 aromatic heterocycles. The summed E-state index contributed by atoms with van der Waals surface area (Å²) in [4.78, 5) is 12.9. The molecule has 1 aliphatic carbocycles. The maximum absolute atomic E-state index is 12.9. The first kappa shape index (κ1) is 23.5. The van der Waals surface area contributed by atoms with Crippen LogP contribution in [0.5, 0.6) is 0 Å². The van der Waals surface area contributed by atoms with E-state index in [1.807, 2.05) is 0 Å². The zero-order chi connectivity index (χ0) is 19.3. The van der Waals surface area contributed by atoms with E-state index in [4.69, 9.17) is 4.74 Å². The molecule has 2 nitrogen and oxygen atoms in total. The summed E-state index contributed by atoms with van der Waals surface area (Å²) in [5, 5.41) is 0. The zero-order valence-electron chi connectivity index (χ0n) is 18.3. The average Bonchev–Trinajstić information content (AvgIpc) is 3.22. The summed E-state index contributed by atoms with van der Waals surface area (Å²) in [6.45, 7) is 16.7. The van der Waals surface area contributed by atoms with Crippen LogP contribution in [0.1, 0.15) is 66.2 Å². The molecule has 0 bridgehead atoms. The van der Waals surface area contributed by atoms with Crippen molar-refractivity contribution >= 4 is 32.4 Å². The number of carbonyl (C=O) groups excluding carboxylic acids is 1. The molecule has 1 rings (SSSR count). The second kappa shape index (κ2) is 9.61. The van der Waals surface area contributed by atoms with Crippen molar-refractivity contribution in [1.29, 1.82) is 0 Å². The number of hydrogen-bond donors (Lipinski definition) is 0. The molecule has 0 unspecified atom stereocenters. The molecule has 0 amide bonds. The number of methoxy groups -OCH3 is 1. The summed E-state index contributed by atoms with van der Waals surface area (Å²) in [6.07, 6.45) is 8.06. The van der Waals surface area contributed by atoms with E-state index in [2.05, 4.69) is 47.3 Å². The monoisotopic (exact) mass is 476 g/mol. The molecule has 0 radical (unpaired) electrons. The Morgan fingerprint density at radius 2 is 1.36 bits per heavy atom. The van der Waals surface area contributed by atoms with Gasteiger partial charge < -0.3 is 0 Å². The fourth-order valence-electron chi connectivity index (χ4n) is 5.80. The number of rotatable bonds is 12. The molecule has 4 heteroatoms. The van der Waals surface area contributed by atoms with E-state index in [1.54, 1.807) is 7.11 Å². The van der Waals surface area contributed by atoms with Crippen molar-refractivity contribution in [3.05, 3.63) is 0 Å². The third-order valence-corrected chi connectivity index (χ3v) is 28.6. The van der Waals surface area contributed by atoms with E-state index in [1.165, 1.54) is 51.8 Å². The van der Waals surface area contributed by atoms with Gasteiger partial charge in [-0.3, -0.25) is 0 Å². The van der Waals surface area contributed by atoms with E-state index in [-0.39, 0.29) is 11.4 Å². The van der Waals surface area contributed by atoms with Gasteiger partial charge in [0.2, 0.25) is 0 Å². The molecule has 1 saturated carbocycles.